The normalized spacial score (nSPS) is 12.6. The van der Waals surface area contributed by atoms with Gasteiger partial charge in [0, 0.05) is 12.2 Å². The van der Waals surface area contributed by atoms with E-state index in [2.05, 4.69) is 59.7 Å². The van der Waals surface area contributed by atoms with E-state index in [0.717, 1.165) is 18.6 Å². The topological polar surface area (TPSA) is 29.5 Å². The Morgan fingerprint density at radius 1 is 0.950 bits per heavy atom. The zero-order valence-electron chi connectivity index (χ0n) is 13.9. The molecule has 0 aliphatic rings. The van der Waals surface area contributed by atoms with Gasteiger partial charge in [0.25, 0.3) is 0 Å². The first-order valence-corrected chi connectivity index (χ1v) is 7.55. The van der Waals surface area contributed by atoms with Crippen LogP contribution in [-0.4, -0.2) is 18.3 Å². The molecule has 0 saturated heterocycles. The molecule has 0 unspecified atom stereocenters. The number of benzene rings is 1. The van der Waals surface area contributed by atoms with Crippen molar-refractivity contribution in [1.82, 2.24) is 0 Å². The van der Waals surface area contributed by atoms with Gasteiger partial charge in [-0.15, -0.1) is 0 Å². The summed E-state index contributed by atoms with van der Waals surface area (Å²) in [4.78, 5) is 0. The van der Waals surface area contributed by atoms with E-state index in [1.807, 2.05) is 0 Å². The van der Waals surface area contributed by atoms with E-state index in [4.69, 9.17) is 9.84 Å². The molecule has 0 saturated carbocycles. The van der Waals surface area contributed by atoms with Gasteiger partial charge in [-0.25, -0.2) is 0 Å². The molecule has 0 amide bonds. The second kappa shape index (κ2) is 6.62. The van der Waals surface area contributed by atoms with Crippen LogP contribution in [0, 0.1) is 0 Å². The minimum absolute atomic E-state index is 0.0518. The molecular weight excluding hydrogens is 248 g/mol. The molecule has 1 aromatic rings. The smallest absolute Gasteiger partial charge is 0.123 e. The lowest BCUT2D eigenvalue weighted by Crippen LogP contribution is -2.23. The van der Waals surface area contributed by atoms with Crippen molar-refractivity contribution in [3.8, 4) is 5.75 Å². The summed E-state index contributed by atoms with van der Waals surface area (Å²) >= 11 is 0. The van der Waals surface area contributed by atoms with Crippen molar-refractivity contribution in [3.63, 3.8) is 0 Å². The van der Waals surface area contributed by atoms with E-state index in [0.29, 0.717) is 6.61 Å². The van der Waals surface area contributed by atoms with Gasteiger partial charge >= 0.3 is 0 Å². The summed E-state index contributed by atoms with van der Waals surface area (Å²) in [5, 5.41) is 8.84. The molecule has 0 fully saturated rings. The van der Waals surface area contributed by atoms with E-state index in [1.54, 1.807) is 0 Å². The molecule has 0 aromatic heterocycles. The number of unbranched alkanes of at least 4 members (excludes halogenated alkanes) is 1. The van der Waals surface area contributed by atoms with Crippen LogP contribution in [0.1, 0.15) is 65.5 Å². The summed E-state index contributed by atoms with van der Waals surface area (Å²) in [7, 11) is 0. The molecule has 0 bridgehead atoms. The van der Waals surface area contributed by atoms with Crippen molar-refractivity contribution >= 4 is 0 Å². The zero-order chi connectivity index (χ0) is 15.4. The van der Waals surface area contributed by atoms with Gasteiger partial charge in [-0.05, 0) is 35.3 Å². The Hall–Kier alpha value is -1.02. The van der Waals surface area contributed by atoms with Crippen LogP contribution in [0.15, 0.2) is 18.2 Å². The molecule has 20 heavy (non-hydrogen) atoms. The molecule has 2 nitrogen and oxygen atoms in total. The average Bonchev–Trinajstić information content (AvgIpc) is 2.32. The maximum Gasteiger partial charge on any atom is 0.123 e. The summed E-state index contributed by atoms with van der Waals surface area (Å²) in [6, 6.07) is 6.35. The van der Waals surface area contributed by atoms with Gasteiger partial charge in [0.15, 0.2) is 0 Å². The average molecular weight is 278 g/mol. The van der Waals surface area contributed by atoms with Crippen molar-refractivity contribution in [3.05, 3.63) is 29.3 Å². The summed E-state index contributed by atoms with van der Waals surface area (Å²) in [6.45, 7) is 14.3. The number of hydrogen-bond acceptors (Lipinski definition) is 2. The highest BCUT2D eigenvalue weighted by atomic mass is 16.5. The first-order valence-electron chi connectivity index (χ1n) is 7.55. The minimum atomic E-state index is 0.0518. The van der Waals surface area contributed by atoms with Crippen LogP contribution in [0.25, 0.3) is 0 Å². The third-order valence-corrected chi connectivity index (χ3v) is 3.39. The van der Waals surface area contributed by atoms with Gasteiger partial charge in [0.1, 0.15) is 5.75 Å². The number of hydrogen-bond donors (Lipinski definition) is 1. The monoisotopic (exact) mass is 278 g/mol. The van der Waals surface area contributed by atoms with Crippen LogP contribution in [0.4, 0.5) is 0 Å². The number of aliphatic hydroxyl groups is 1. The van der Waals surface area contributed by atoms with Crippen molar-refractivity contribution in [2.45, 2.75) is 65.2 Å². The van der Waals surface area contributed by atoms with Crippen LogP contribution in [0.5, 0.6) is 5.75 Å². The van der Waals surface area contributed by atoms with Crippen LogP contribution in [0.2, 0.25) is 0 Å². The van der Waals surface area contributed by atoms with Gasteiger partial charge in [0.05, 0.1) is 6.61 Å². The Balaban J connectivity index is 3.11. The molecule has 0 aliphatic carbocycles. The highest BCUT2D eigenvalue weighted by molar-refractivity contribution is 5.47. The molecule has 0 radical (unpaired) electrons. The first kappa shape index (κ1) is 17.0. The second-order valence-electron chi connectivity index (χ2n) is 7.46. The summed E-state index contributed by atoms with van der Waals surface area (Å²) in [5.41, 5.74) is 2.81. The van der Waals surface area contributed by atoms with Gasteiger partial charge in [-0.1, -0.05) is 53.7 Å². The first-order chi connectivity index (χ1) is 9.18. The molecule has 0 heterocycles. The summed E-state index contributed by atoms with van der Waals surface area (Å²) in [6.07, 6.45) is 1.68. The van der Waals surface area contributed by atoms with Crippen LogP contribution in [0.3, 0.4) is 0 Å². The minimum Gasteiger partial charge on any atom is -0.493 e. The van der Waals surface area contributed by atoms with Gasteiger partial charge in [0.2, 0.25) is 0 Å². The van der Waals surface area contributed by atoms with E-state index in [-0.39, 0.29) is 17.4 Å². The third kappa shape index (κ3) is 4.52. The molecule has 114 valence electrons. The molecule has 1 N–H and O–H groups in total. The highest BCUT2D eigenvalue weighted by Gasteiger charge is 2.28. The van der Waals surface area contributed by atoms with E-state index in [9.17, 15) is 0 Å². The lowest BCUT2D eigenvalue weighted by atomic mass is 9.75. The van der Waals surface area contributed by atoms with Crippen LogP contribution < -0.4 is 4.74 Å². The van der Waals surface area contributed by atoms with Gasteiger partial charge in [-0.3, -0.25) is 0 Å². The lowest BCUT2D eigenvalue weighted by Gasteiger charge is -2.32. The van der Waals surface area contributed by atoms with Crippen LogP contribution >= 0.6 is 0 Å². The fraction of sp³-hybridized carbons (Fsp3) is 0.667. The van der Waals surface area contributed by atoms with E-state index < -0.39 is 0 Å². The predicted molar refractivity (Wildman–Crippen MR) is 85.7 cm³/mol. The fourth-order valence-electron chi connectivity index (χ4n) is 2.45. The van der Waals surface area contributed by atoms with E-state index >= 15 is 0 Å². The fourth-order valence-corrected chi connectivity index (χ4v) is 2.45. The Kier molecular flexibility index (Phi) is 5.64. The van der Waals surface area contributed by atoms with E-state index in [1.165, 1.54) is 11.1 Å². The molecular formula is C18H30O2. The quantitative estimate of drug-likeness (QED) is 0.807. The maximum atomic E-state index is 8.84. The van der Waals surface area contributed by atoms with Crippen molar-refractivity contribution in [1.29, 1.82) is 0 Å². The Bertz CT molecular complexity index is 422. The SMILES string of the molecule is CC(C)(C)c1cccc(OCCCCO)c1C(C)(C)C. The second-order valence-corrected chi connectivity index (χ2v) is 7.46. The molecule has 1 aromatic carbocycles. The highest BCUT2D eigenvalue weighted by Crippen LogP contribution is 2.39. The Morgan fingerprint density at radius 2 is 1.60 bits per heavy atom. The van der Waals surface area contributed by atoms with Gasteiger partial charge in [-0.2, -0.15) is 0 Å². The predicted octanol–water partition coefficient (Wildman–Crippen LogP) is 4.43. The molecule has 0 aliphatic heterocycles. The maximum absolute atomic E-state index is 8.84. The number of aliphatic hydroxyl groups excluding tert-OH is 1. The molecule has 2 heteroatoms. The zero-order valence-corrected chi connectivity index (χ0v) is 13.9. The molecule has 0 spiro atoms. The molecule has 1 rings (SSSR count). The Labute approximate surface area is 124 Å². The van der Waals surface area contributed by atoms with Gasteiger partial charge < -0.3 is 9.84 Å². The largest absolute Gasteiger partial charge is 0.493 e. The lowest BCUT2D eigenvalue weighted by molar-refractivity contribution is 0.250. The van der Waals surface area contributed by atoms with Crippen LogP contribution in [-0.2, 0) is 10.8 Å². The Morgan fingerprint density at radius 3 is 2.10 bits per heavy atom. The number of ether oxygens (including phenoxy) is 1. The van der Waals surface area contributed by atoms with Crippen molar-refractivity contribution in [2.24, 2.45) is 0 Å². The number of rotatable bonds is 5. The van der Waals surface area contributed by atoms with Crippen molar-refractivity contribution < 1.29 is 9.84 Å². The van der Waals surface area contributed by atoms with Crippen molar-refractivity contribution in [2.75, 3.05) is 13.2 Å². The summed E-state index contributed by atoms with van der Waals surface area (Å²) in [5.74, 6) is 0.989. The third-order valence-electron chi connectivity index (χ3n) is 3.39. The standard InChI is InChI=1S/C18H30O2/c1-17(2,3)14-10-9-11-15(16(14)18(4,5)6)20-13-8-7-12-19/h9-11,19H,7-8,12-13H2,1-6H3. The molecule has 0 atom stereocenters. The summed E-state index contributed by atoms with van der Waals surface area (Å²) < 4.78 is 5.99.